The molecule has 0 amide bonds. The van der Waals surface area contributed by atoms with Crippen molar-refractivity contribution in [2.45, 2.75) is 6.54 Å². The van der Waals surface area contributed by atoms with E-state index in [0.29, 0.717) is 11.1 Å². The van der Waals surface area contributed by atoms with Crippen LogP contribution in [0, 0.1) is 5.41 Å². The van der Waals surface area contributed by atoms with Gasteiger partial charge in [0.25, 0.3) is 0 Å². The lowest BCUT2D eigenvalue weighted by atomic mass is 9.72. The molecule has 2 saturated heterocycles. The number of nitrogens with zero attached hydrogens (tertiary/aromatic N) is 4. The van der Waals surface area contributed by atoms with Gasteiger partial charge >= 0.3 is 0 Å². The Bertz CT molecular complexity index is 733. The van der Waals surface area contributed by atoms with Gasteiger partial charge in [0.1, 0.15) is 11.4 Å². The second-order valence-electron chi connectivity index (χ2n) is 6.79. The predicted molar refractivity (Wildman–Crippen MR) is 90.3 cm³/mol. The minimum atomic E-state index is 0.416. The van der Waals surface area contributed by atoms with Crippen LogP contribution in [0.5, 0.6) is 5.75 Å². The molecule has 24 heavy (non-hydrogen) atoms. The molecule has 4 heterocycles. The number of rotatable bonds is 5. The van der Waals surface area contributed by atoms with Crippen LogP contribution in [0.25, 0.3) is 0 Å². The van der Waals surface area contributed by atoms with Gasteiger partial charge in [-0.1, -0.05) is 6.07 Å². The fourth-order valence-electron chi connectivity index (χ4n) is 3.71. The summed E-state index contributed by atoms with van der Waals surface area (Å²) in [5.41, 5.74) is 3.19. The Labute approximate surface area is 141 Å². The number of methoxy groups -OCH3 is 1. The van der Waals surface area contributed by atoms with Gasteiger partial charge in [0.05, 0.1) is 25.2 Å². The van der Waals surface area contributed by atoms with E-state index in [1.165, 1.54) is 0 Å². The van der Waals surface area contributed by atoms with Crippen molar-refractivity contribution in [3.8, 4) is 5.75 Å². The van der Waals surface area contributed by atoms with Crippen molar-refractivity contribution in [1.82, 2.24) is 14.9 Å². The van der Waals surface area contributed by atoms with Crippen molar-refractivity contribution >= 4 is 12.0 Å². The molecule has 6 nitrogen and oxygen atoms in total. The quantitative estimate of drug-likeness (QED) is 0.779. The number of likely N-dealkylation sites (tertiary alicyclic amines) is 1. The largest absolute Gasteiger partial charge is 0.495 e. The van der Waals surface area contributed by atoms with Crippen LogP contribution in [-0.4, -0.2) is 54.4 Å². The number of carbonyl (C=O) groups excluding carboxylic acids is 1. The summed E-state index contributed by atoms with van der Waals surface area (Å²) >= 11 is 0. The molecule has 0 bridgehead atoms. The molecule has 0 N–H and O–H groups in total. The molecular formula is C18H20N4O2. The summed E-state index contributed by atoms with van der Waals surface area (Å²) in [5, 5.41) is 0. The van der Waals surface area contributed by atoms with E-state index >= 15 is 0 Å². The number of ether oxygens (including phenoxy) is 1. The summed E-state index contributed by atoms with van der Waals surface area (Å²) in [7, 11) is 1.67. The van der Waals surface area contributed by atoms with Gasteiger partial charge in [0.2, 0.25) is 0 Å². The fraction of sp³-hybridized carbons (Fsp3) is 0.389. The van der Waals surface area contributed by atoms with Gasteiger partial charge in [-0.3, -0.25) is 19.7 Å². The summed E-state index contributed by atoms with van der Waals surface area (Å²) in [4.78, 5) is 23.8. The lowest BCUT2D eigenvalue weighted by molar-refractivity contribution is -0.0274. The van der Waals surface area contributed by atoms with Crippen LogP contribution in [0.15, 0.2) is 36.8 Å². The Kier molecular flexibility index (Phi) is 3.69. The van der Waals surface area contributed by atoms with E-state index in [0.717, 1.165) is 56.0 Å². The maximum absolute atomic E-state index is 10.6. The average Bonchev–Trinajstić information content (AvgIpc) is 2.56. The van der Waals surface area contributed by atoms with Gasteiger partial charge in [-0.15, -0.1) is 0 Å². The lowest BCUT2D eigenvalue weighted by Gasteiger charge is -2.61. The molecule has 0 aliphatic carbocycles. The molecule has 1 spiro atoms. The zero-order valence-electron chi connectivity index (χ0n) is 13.7. The number of anilines is 1. The molecule has 6 heteroatoms. The fourth-order valence-corrected chi connectivity index (χ4v) is 3.71. The first-order valence-electron chi connectivity index (χ1n) is 8.06. The van der Waals surface area contributed by atoms with Crippen molar-refractivity contribution < 1.29 is 9.53 Å². The van der Waals surface area contributed by atoms with E-state index in [-0.39, 0.29) is 0 Å². The summed E-state index contributed by atoms with van der Waals surface area (Å²) in [6, 6.07) is 5.80. The number of hydrogen-bond acceptors (Lipinski definition) is 6. The van der Waals surface area contributed by atoms with E-state index in [2.05, 4.69) is 19.8 Å². The third-order valence-corrected chi connectivity index (χ3v) is 4.84. The molecule has 0 unspecified atom stereocenters. The van der Waals surface area contributed by atoms with E-state index in [9.17, 15) is 4.79 Å². The molecular weight excluding hydrogens is 304 g/mol. The lowest BCUT2D eigenvalue weighted by Crippen LogP contribution is -2.71. The highest BCUT2D eigenvalue weighted by Crippen LogP contribution is 2.42. The number of aldehydes is 1. The van der Waals surface area contributed by atoms with Crippen LogP contribution in [0.4, 0.5) is 5.69 Å². The van der Waals surface area contributed by atoms with Gasteiger partial charge in [0, 0.05) is 50.4 Å². The monoisotopic (exact) mass is 324 g/mol. The van der Waals surface area contributed by atoms with Crippen LogP contribution in [-0.2, 0) is 6.54 Å². The van der Waals surface area contributed by atoms with Crippen LogP contribution in [0.3, 0.4) is 0 Å². The van der Waals surface area contributed by atoms with Crippen LogP contribution in [0.1, 0.15) is 16.1 Å². The Morgan fingerprint density at radius 1 is 1.21 bits per heavy atom. The predicted octanol–water partition coefficient (Wildman–Crippen LogP) is 1.62. The molecule has 0 atom stereocenters. The van der Waals surface area contributed by atoms with E-state index < -0.39 is 0 Å². The highest BCUT2D eigenvalue weighted by molar-refractivity contribution is 5.71. The first-order chi connectivity index (χ1) is 11.7. The Hall–Kier alpha value is -2.47. The SMILES string of the molecule is COc1cncc(N2CC3(CN(Cc4ccc(C=O)nc4)C3)C2)c1. The third-order valence-electron chi connectivity index (χ3n) is 4.84. The van der Waals surface area contributed by atoms with Gasteiger partial charge in [-0.25, -0.2) is 0 Å². The van der Waals surface area contributed by atoms with Crippen molar-refractivity contribution in [2.24, 2.45) is 5.41 Å². The smallest absolute Gasteiger partial charge is 0.168 e. The van der Waals surface area contributed by atoms with E-state index in [1.54, 1.807) is 25.6 Å². The second kappa shape index (κ2) is 5.87. The standard InChI is InChI=1S/C18H20N4O2/c1-24-17-4-16(6-19-7-17)22-12-18(13-22)10-21(11-18)8-14-2-3-15(9-23)20-5-14/h2-7,9H,8,10-13H2,1H3. The van der Waals surface area contributed by atoms with Crippen molar-refractivity contribution in [3.05, 3.63) is 48.0 Å². The number of pyridine rings is 2. The zero-order chi connectivity index (χ0) is 16.6. The van der Waals surface area contributed by atoms with Gasteiger partial charge in [0.15, 0.2) is 6.29 Å². The molecule has 0 radical (unpaired) electrons. The summed E-state index contributed by atoms with van der Waals surface area (Å²) in [6.07, 6.45) is 6.20. The second-order valence-corrected chi connectivity index (χ2v) is 6.79. The van der Waals surface area contributed by atoms with Crippen molar-refractivity contribution in [3.63, 3.8) is 0 Å². The van der Waals surface area contributed by atoms with Crippen LogP contribution < -0.4 is 9.64 Å². The van der Waals surface area contributed by atoms with Crippen LogP contribution in [0.2, 0.25) is 0 Å². The zero-order valence-corrected chi connectivity index (χ0v) is 13.7. The minimum absolute atomic E-state index is 0.416. The molecule has 2 aliphatic rings. The first kappa shape index (κ1) is 15.1. The molecule has 124 valence electrons. The maximum Gasteiger partial charge on any atom is 0.168 e. The molecule has 0 saturated carbocycles. The molecule has 2 aromatic rings. The Morgan fingerprint density at radius 3 is 2.71 bits per heavy atom. The number of carbonyl (C=O) groups is 1. The van der Waals surface area contributed by atoms with E-state index in [1.807, 2.05) is 18.3 Å². The normalized spacial score (nSPS) is 18.8. The van der Waals surface area contributed by atoms with Gasteiger partial charge in [-0.2, -0.15) is 0 Å². The molecule has 2 aromatic heterocycles. The Morgan fingerprint density at radius 2 is 2.04 bits per heavy atom. The molecule has 0 aromatic carbocycles. The minimum Gasteiger partial charge on any atom is -0.495 e. The van der Waals surface area contributed by atoms with Gasteiger partial charge in [-0.05, 0) is 11.6 Å². The summed E-state index contributed by atoms with van der Waals surface area (Å²) < 4.78 is 5.24. The maximum atomic E-state index is 10.6. The third kappa shape index (κ3) is 2.73. The molecule has 2 aliphatic heterocycles. The molecule has 2 fully saturated rings. The summed E-state index contributed by atoms with van der Waals surface area (Å²) in [6.45, 7) is 5.25. The number of hydrogen-bond donors (Lipinski definition) is 0. The van der Waals surface area contributed by atoms with Crippen LogP contribution >= 0.6 is 0 Å². The Balaban J connectivity index is 1.29. The van der Waals surface area contributed by atoms with Gasteiger partial charge < -0.3 is 9.64 Å². The van der Waals surface area contributed by atoms with E-state index in [4.69, 9.17) is 4.74 Å². The molecule has 4 rings (SSSR count). The average molecular weight is 324 g/mol. The topological polar surface area (TPSA) is 58.6 Å². The highest BCUT2D eigenvalue weighted by atomic mass is 16.5. The summed E-state index contributed by atoms with van der Waals surface area (Å²) in [5.74, 6) is 0.801. The van der Waals surface area contributed by atoms with Crippen molar-refractivity contribution in [2.75, 3.05) is 38.2 Å². The first-order valence-corrected chi connectivity index (χ1v) is 8.06. The highest BCUT2D eigenvalue weighted by Gasteiger charge is 2.51. The number of aromatic nitrogens is 2. The van der Waals surface area contributed by atoms with Crippen molar-refractivity contribution in [1.29, 1.82) is 0 Å².